The molecule has 0 aliphatic rings. The molecule has 22 heavy (non-hydrogen) atoms. The molecule has 3 N–H and O–H groups in total. The number of hydrogen-bond donors (Lipinski definition) is 3. The minimum absolute atomic E-state index is 0.120. The fourth-order valence-electron chi connectivity index (χ4n) is 1.85. The van der Waals surface area contributed by atoms with Crippen LogP contribution < -0.4 is 16.2 Å². The zero-order valence-electron chi connectivity index (χ0n) is 12.9. The Labute approximate surface area is 136 Å². The highest BCUT2D eigenvalue weighted by atomic mass is 32.1. The first kappa shape index (κ1) is 18.1. The van der Waals surface area contributed by atoms with Crippen molar-refractivity contribution >= 4 is 29.1 Å². The molecule has 0 atom stereocenters. The quantitative estimate of drug-likeness (QED) is 0.409. The lowest BCUT2D eigenvalue weighted by atomic mass is 10.1. The molecule has 0 radical (unpaired) electrons. The van der Waals surface area contributed by atoms with E-state index < -0.39 is 0 Å². The summed E-state index contributed by atoms with van der Waals surface area (Å²) in [6.07, 6.45) is 4.37. The van der Waals surface area contributed by atoms with Crippen LogP contribution >= 0.6 is 12.2 Å². The van der Waals surface area contributed by atoms with Crippen LogP contribution in [0, 0.1) is 0 Å². The van der Waals surface area contributed by atoms with Gasteiger partial charge in [-0.05, 0) is 30.6 Å². The van der Waals surface area contributed by atoms with Crippen molar-refractivity contribution < 1.29 is 9.59 Å². The standard InChI is InChI=1S/C16H23N3O2S/c1-2-3-5-10-14(20)17-16(22)19-18-15(21)12-11-13-8-6-4-7-9-13/h4,6-9H,2-3,5,10-12H2,1H3,(H,18,21)(H2,17,19,20,22). The minimum Gasteiger partial charge on any atom is -0.302 e. The van der Waals surface area contributed by atoms with Crippen LogP contribution in [0.3, 0.4) is 0 Å². The number of benzene rings is 1. The van der Waals surface area contributed by atoms with Crippen molar-refractivity contribution in [2.24, 2.45) is 0 Å². The second-order valence-electron chi connectivity index (χ2n) is 4.99. The molecule has 0 aromatic heterocycles. The monoisotopic (exact) mass is 321 g/mol. The third-order valence-corrected chi connectivity index (χ3v) is 3.26. The van der Waals surface area contributed by atoms with Crippen molar-refractivity contribution in [3.05, 3.63) is 35.9 Å². The Balaban J connectivity index is 2.15. The molecule has 0 aliphatic heterocycles. The number of hydrogen-bond acceptors (Lipinski definition) is 3. The summed E-state index contributed by atoms with van der Waals surface area (Å²) in [5.74, 6) is -0.309. The van der Waals surface area contributed by atoms with Crippen molar-refractivity contribution in [1.29, 1.82) is 0 Å². The molecule has 1 aromatic carbocycles. The average Bonchev–Trinajstić information content (AvgIpc) is 2.52. The zero-order valence-corrected chi connectivity index (χ0v) is 13.7. The average molecular weight is 321 g/mol. The highest BCUT2D eigenvalue weighted by Crippen LogP contribution is 2.01. The molecule has 1 aromatic rings. The van der Waals surface area contributed by atoms with Crippen LogP contribution in [0.15, 0.2) is 30.3 Å². The van der Waals surface area contributed by atoms with Gasteiger partial charge >= 0.3 is 0 Å². The lowest BCUT2D eigenvalue weighted by molar-refractivity contribution is -0.122. The summed E-state index contributed by atoms with van der Waals surface area (Å²) in [6, 6.07) is 9.76. The summed E-state index contributed by atoms with van der Waals surface area (Å²) in [5, 5.41) is 2.65. The molecule has 0 saturated heterocycles. The zero-order chi connectivity index (χ0) is 16.2. The number of unbranched alkanes of at least 4 members (excludes halogenated alkanes) is 2. The summed E-state index contributed by atoms with van der Waals surface area (Å²) < 4.78 is 0. The number of carbonyl (C=O) groups excluding carboxylic acids is 2. The Morgan fingerprint density at radius 1 is 1.00 bits per heavy atom. The van der Waals surface area contributed by atoms with E-state index in [0.29, 0.717) is 19.3 Å². The Morgan fingerprint density at radius 3 is 2.41 bits per heavy atom. The largest absolute Gasteiger partial charge is 0.302 e. The topological polar surface area (TPSA) is 70.2 Å². The second kappa shape index (κ2) is 10.7. The van der Waals surface area contributed by atoms with Gasteiger partial charge in [-0.15, -0.1) is 0 Å². The van der Waals surface area contributed by atoms with Gasteiger partial charge < -0.3 is 5.32 Å². The van der Waals surface area contributed by atoms with Gasteiger partial charge in [0.05, 0.1) is 0 Å². The Bertz CT molecular complexity index is 491. The fourth-order valence-corrected chi connectivity index (χ4v) is 2.01. The van der Waals surface area contributed by atoms with Crippen molar-refractivity contribution in [1.82, 2.24) is 16.2 Å². The molecule has 1 rings (SSSR count). The van der Waals surface area contributed by atoms with E-state index in [1.165, 1.54) is 0 Å². The highest BCUT2D eigenvalue weighted by Gasteiger charge is 2.06. The Hall–Kier alpha value is -1.95. The van der Waals surface area contributed by atoms with Gasteiger partial charge in [0.2, 0.25) is 11.8 Å². The molecule has 0 bridgehead atoms. The predicted molar refractivity (Wildman–Crippen MR) is 90.9 cm³/mol. The van der Waals surface area contributed by atoms with E-state index >= 15 is 0 Å². The first-order valence-electron chi connectivity index (χ1n) is 7.54. The number of thiocarbonyl (C=S) groups is 1. The van der Waals surface area contributed by atoms with Crippen molar-refractivity contribution in [3.63, 3.8) is 0 Å². The summed E-state index contributed by atoms with van der Waals surface area (Å²) in [5.41, 5.74) is 6.12. The Kier molecular flexibility index (Phi) is 8.83. The van der Waals surface area contributed by atoms with E-state index in [2.05, 4.69) is 23.1 Å². The molecule has 0 fully saturated rings. The van der Waals surface area contributed by atoms with E-state index in [1.54, 1.807) is 0 Å². The van der Waals surface area contributed by atoms with Crippen molar-refractivity contribution in [2.75, 3.05) is 0 Å². The molecular formula is C16H23N3O2S. The number of nitrogens with one attached hydrogen (secondary N) is 3. The maximum Gasteiger partial charge on any atom is 0.238 e. The molecule has 0 spiro atoms. The van der Waals surface area contributed by atoms with Gasteiger partial charge in [-0.25, -0.2) is 0 Å². The summed E-state index contributed by atoms with van der Waals surface area (Å²) >= 11 is 4.95. The van der Waals surface area contributed by atoms with Gasteiger partial charge in [0, 0.05) is 12.8 Å². The number of hydrazine groups is 1. The maximum atomic E-state index is 11.7. The van der Waals surface area contributed by atoms with Crippen LogP contribution in [0.5, 0.6) is 0 Å². The van der Waals surface area contributed by atoms with Crippen LogP contribution in [0.25, 0.3) is 0 Å². The molecule has 0 heterocycles. The van der Waals surface area contributed by atoms with Crippen LogP contribution in [-0.2, 0) is 16.0 Å². The number of amides is 2. The molecule has 0 unspecified atom stereocenters. The van der Waals surface area contributed by atoms with Gasteiger partial charge in [0.25, 0.3) is 0 Å². The molecule has 0 saturated carbocycles. The smallest absolute Gasteiger partial charge is 0.238 e. The molecular weight excluding hydrogens is 298 g/mol. The van der Waals surface area contributed by atoms with Crippen molar-refractivity contribution in [2.45, 2.75) is 45.4 Å². The van der Waals surface area contributed by atoms with E-state index in [1.807, 2.05) is 30.3 Å². The van der Waals surface area contributed by atoms with E-state index in [-0.39, 0.29) is 16.9 Å². The SMILES string of the molecule is CCCCCC(=O)NC(=S)NNC(=O)CCc1ccccc1. The second-order valence-corrected chi connectivity index (χ2v) is 5.40. The van der Waals surface area contributed by atoms with Crippen LogP contribution in [0.1, 0.15) is 44.6 Å². The summed E-state index contributed by atoms with van der Waals surface area (Å²) in [4.78, 5) is 23.2. The van der Waals surface area contributed by atoms with Crippen molar-refractivity contribution in [3.8, 4) is 0 Å². The first-order valence-corrected chi connectivity index (χ1v) is 7.95. The summed E-state index contributed by atoms with van der Waals surface area (Å²) in [7, 11) is 0. The van der Waals surface area contributed by atoms with E-state index in [4.69, 9.17) is 12.2 Å². The van der Waals surface area contributed by atoms with Gasteiger partial charge in [-0.2, -0.15) is 0 Å². The molecule has 6 heteroatoms. The van der Waals surface area contributed by atoms with Gasteiger partial charge in [0.1, 0.15) is 0 Å². The molecule has 5 nitrogen and oxygen atoms in total. The van der Waals surface area contributed by atoms with Crippen LogP contribution in [-0.4, -0.2) is 16.9 Å². The third-order valence-electron chi connectivity index (χ3n) is 3.06. The lowest BCUT2D eigenvalue weighted by Crippen LogP contribution is -2.48. The van der Waals surface area contributed by atoms with E-state index in [9.17, 15) is 9.59 Å². The van der Waals surface area contributed by atoms with Crippen LogP contribution in [0.4, 0.5) is 0 Å². The predicted octanol–water partition coefficient (Wildman–Crippen LogP) is 2.22. The normalized spacial score (nSPS) is 9.86. The lowest BCUT2D eigenvalue weighted by Gasteiger charge is -2.10. The highest BCUT2D eigenvalue weighted by molar-refractivity contribution is 7.80. The number of carbonyl (C=O) groups is 2. The molecule has 120 valence electrons. The number of aryl methyl sites for hydroxylation is 1. The molecule has 2 amide bonds. The summed E-state index contributed by atoms with van der Waals surface area (Å²) in [6.45, 7) is 2.08. The molecule has 0 aliphatic carbocycles. The van der Waals surface area contributed by atoms with Gasteiger partial charge in [-0.1, -0.05) is 50.1 Å². The minimum atomic E-state index is -0.175. The maximum absolute atomic E-state index is 11.7. The van der Waals surface area contributed by atoms with Crippen LogP contribution in [0.2, 0.25) is 0 Å². The first-order chi connectivity index (χ1) is 10.6. The fraction of sp³-hybridized carbons (Fsp3) is 0.438. The van der Waals surface area contributed by atoms with E-state index in [0.717, 1.165) is 24.8 Å². The van der Waals surface area contributed by atoms with Gasteiger partial charge in [0.15, 0.2) is 5.11 Å². The van der Waals surface area contributed by atoms with Gasteiger partial charge in [-0.3, -0.25) is 20.4 Å². The number of rotatable bonds is 7. The third kappa shape index (κ3) is 8.36. The Morgan fingerprint density at radius 2 is 1.73 bits per heavy atom.